The number of hydrogen-bond donors (Lipinski definition) is 0. The molecule has 0 spiro atoms. The molecule has 2 radical (unpaired) electrons. The third kappa shape index (κ3) is 4.32. The first-order valence-corrected chi connectivity index (χ1v) is 5.27. The van der Waals surface area contributed by atoms with E-state index in [0.29, 0.717) is 19.3 Å². The summed E-state index contributed by atoms with van der Waals surface area (Å²) < 4.78 is 10.1. The summed E-state index contributed by atoms with van der Waals surface area (Å²) in [6.07, 6.45) is 3.17. The van der Waals surface area contributed by atoms with E-state index in [1.54, 1.807) is 6.92 Å². The molecule has 4 heteroatoms. The van der Waals surface area contributed by atoms with E-state index in [0.717, 1.165) is 12.8 Å². The Hall–Kier alpha value is -1.06. The summed E-state index contributed by atoms with van der Waals surface area (Å²) in [7, 11) is 0. The fourth-order valence-corrected chi connectivity index (χ4v) is 1.70. The number of esters is 2. The number of rotatable bonds is 3. The van der Waals surface area contributed by atoms with Crippen LogP contribution in [-0.4, -0.2) is 24.1 Å². The highest BCUT2D eigenvalue weighted by Gasteiger charge is 2.25. The van der Waals surface area contributed by atoms with Gasteiger partial charge in [0.15, 0.2) is 0 Å². The van der Waals surface area contributed by atoms with Crippen molar-refractivity contribution in [2.45, 2.75) is 51.2 Å². The van der Waals surface area contributed by atoms with E-state index in [4.69, 9.17) is 16.4 Å². The maximum absolute atomic E-state index is 11.0. The highest BCUT2D eigenvalue weighted by Crippen LogP contribution is 2.23. The monoisotopic (exact) mass is 212 g/mol. The van der Waals surface area contributed by atoms with Crippen LogP contribution in [-0.2, 0) is 19.1 Å². The molecule has 0 aromatic carbocycles. The summed E-state index contributed by atoms with van der Waals surface area (Å²) >= 11 is 0. The maximum Gasteiger partial charge on any atom is 0.311 e. The highest BCUT2D eigenvalue weighted by atomic mass is 16.6. The molecule has 15 heavy (non-hydrogen) atoms. The minimum atomic E-state index is -0.732. The molecule has 0 aromatic heterocycles. The highest BCUT2D eigenvalue weighted by molar-refractivity contribution is 5.73. The average Bonchev–Trinajstić information content (AvgIpc) is 2.20. The largest absolute Gasteiger partial charge is 0.462 e. The Morgan fingerprint density at radius 1 is 1.13 bits per heavy atom. The molecule has 1 aliphatic carbocycles. The molecule has 1 aliphatic rings. The van der Waals surface area contributed by atoms with Crippen molar-refractivity contribution in [3.05, 3.63) is 6.92 Å². The molecule has 0 aromatic rings. The van der Waals surface area contributed by atoms with Crippen molar-refractivity contribution in [2.75, 3.05) is 0 Å². The second-order valence-electron chi connectivity index (χ2n) is 3.68. The molecule has 84 valence electrons. The van der Waals surface area contributed by atoms with Gasteiger partial charge < -0.3 is 9.47 Å². The molecule has 1 fully saturated rings. The van der Waals surface area contributed by atoms with E-state index < -0.39 is 5.97 Å². The SMILES string of the molecule is [CH]C(=O)OC1CCC(OC(=O)CC)CC1. The molecule has 0 bridgehead atoms. The van der Waals surface area contributed by atoms with E-state index >= 15 is 0 Å². The van der Waals surface area contributed by atoms with Crippen molar-refractivity contribution in [1.82, 2.24) is 0 Å². The lowest BCUT2D eigenvalue weighted by atomic mass is 9.95. The van der Waals surface area contributed by atoms with Gasteiger partial charge in [0, 0.05) is 6.42 Å². The van der Waals surface area contributed by atoms with Crippen LogP contribution < -0.4 is 0 Å². The zero-order valence-corrected chi connectivity index (χ0v) is 8.90. The maximum atomic E-state index is 11.0. The molecule has 0 amide bonds. The molecule has 4 nitrogen and oxygen atoms in total. The third-order valence-corrected chi connectivity index (χ3v) is 2.49. The number of carbonyl (C=O) groups is 2. The van der Waals surface area contributed by atoms with Crippen LogP contribution in [0.5, 0.6) is 0 Å². The third-order valence-electron chi connectivity index (χ3n) is 2.49. The summed E-state index contributed by atoms with van der Waals surface area (Å²) in [5.74, 6) is -0.904. The van der Waals surface area contributed by atoms with Gasteiger partial charge in [-0.25, -0.2) is 0 Å². The van der Waals surface area contributed by atoms with Crippen molar-refractivity contribution < 1.29 is 19.1 Å². The van der Waals surface area contributed by atoms with E-state index in [1.807, 2.05) is 0 Å². The van der Waals surface area contributed by atoms with E-state index in [-0.39, 0.29) is 18.2 Å². The number of carbonyl (C=O) groups excluding carboxylic acids is 2. The second-order valence-corrected chi connectivity index (χ2v) is 3.68. The van der Waals surface area contributed by atoms with Crippen molar-refractivity contribution >= 4 is 11.9 Å². The van der Waals surface area contributed by atoms with Gasteiger partial charge in [-0.2, -0.15) is 0 Å². The first-order valence-electron chi connectivity index (χ1n) is 5.27. The summed E-state index contributed by atoms with van der Waals surface area (Å²) in [6.45, 7) is 6.68. The number of ether oxygens (including phenoxy) is 2. The number of hydrogen-bond acceptors (Lipinski definition) is 4. The van der Waals surface area contributed by atoms with Crippen LogP contribution in [0.1, 0.15) is 39.0 Å². The fourth-order valence-electron chi connectivity index (χ4n) is 1.70. The summed E-state index contributed by atoms with van der Waals surface area (Å²) in [5, 5.41) is 0. The standard InChI is InChI=1S/C11H16O4/c1-3-11(13)15-10-6-4-9(5-7-10)14-8(2)12/h2,9-10H,3-7H2,1H3. The zero-order valence-electron chi connectivity index (χ0n) is 8.90. The fraction of sp³-hybridized carbons (Fsp3) is 0.727. The molecule has 0 atom stereocenters. The molecule has 0 saturated heterocycles. The Morgan fingerprint density at radius 2 is 1.60 bits per heavy atom. The van der Waals surface area contributed by atoms with Crippen molar-refractivity contribution in [3.63, 3.8) is 0 Å². The lowest BCUT2D eigenvalue weighted by Crippen LogP contribution is -2.29. The molecular formula is C11H16O4. The predicted molar refractivity (Wildman–Crippen MR) is 52.8 cm³/mol. The van der Waals surface area contributed by atoms with E-state index in [9.17, 15) is 9.59 Å². The Balaban J connectivity index is 2.23. The summed E-state index contributed by atoms with van der Waals surface area (Å²) in [5.41, 5.74) is 0. The van der Waals surface area contributed by atoms with Gasteiger partial charge in [0.1, 0.15) is 12.2 Å². The summed E-state index contributed by atoms with van der Waals surface area (Å²) in [4.78, 5) is 21.5. The topological polar surface area (TPSA) is 52.6 Å². The van der Waals surface area contributed by atoms with Crippen LogP contribution in [0.25, 0.3) is 0 Å². The summed E-state index contributed by atoms with van der Waals surface area (Å²) in [6, 6.07) is 0. The van der Waals surface area contributed by atoms with Gasteiger partial charge >= 0.3 is 11.9 Å². The molecular weight excluding hydrogens is 196 g/mol. The van der Waals surface area contributed by atoms with Crippen LogP contribution in [0, 0.1) is 6.92 Å². The van der Waals surface area contributed by atoms with Crippen LogP contribution in [0.4, 0.5) is 0 Å². The van der Waals surface area contributed by atoms with Crippen LogP contribution in [0.15, 0.2) is 0 Å². The minimum absolute atomic E-state index is 0.0230. The van der Waals surface area contributed by atoms with Gasteiger partial charge in [-0.15, -0.1) is 0 Å². The Bertz CT molecular complexity index is 229. The van der Waals surface area contributed by atoms with Crippen molar-refractivity contribution in [3.8, 4) is 0 Å². The van der Waals surface area contributed by atoms with Crippen molar-refractivity contribution in [1.29, 1.82) is 0 Å². The van der Waals surface area contributed by atoms with Crippen molar-refractivity contribution in [2.24, 2.45) is 0 Å². The van der Waals surface area contributed by atoms with E-state index in [2.05, 4.69) is 0 Å². The van der Waals surface area contributed by atoms with Gasteiger partial charge in [-0.1, -0.05) is 6.92 Å². The predicted octanol–water partition coefficient (Wildman–Crippen LogP) is 1.51. The molecule has 1 saturated carbocycles. The normalized spacial score (nSPS) is 25.7. The quantitative estimate of drug-likeness (QED) is 0.665. The zero-order chi connectivity index (χ0) is 11.3. The van der Waals surface area contributed by atoms with Gasteiger partial charge in [-0.05, 0) is 25.7 Å². The Kier molecular flexibility index (Phi) is 4.59. The molecule has 1 rings (SSSR count). The lowest BCUT2D eigenvalue weighted by Gasteiger charge is -2.27. The first kappa shape index (κ1) is 12.0. The van der Waals surface area contributed by atoms with Gasteiger partial charge in [0.25, 0.3) is 0 Å². The first-order chi connectivity index (χ1) is 7.11. The van der Waals surface area contributed by atoms with Crippen LogP contribution in [0.3, 0.4) is 0 Å². The Labute approximate surface area is 89.9 Å². The Morgan fingerprint density at radius 3 is 2.00 bits per heavy atom. The van der Waals surface area contributed by atoms with Crippen LogP contribution >= 0.6 is 0 Å². The van der Waals surface area contributed by atoms with Crippen LogP contribution in [0.2, 0.25) is 0 Å². The van der Waals surface area contributed by atoms with Gasteiger partial charge in [-0.3, -0.25) is 9.59 Å². The van der Waals surface area contributed by atoms with Gasteiger partial charge in [0.2, 0.25) is 0 Å². The molecule has 0 aliphatic heterocycles. The lowest BCUT2D eigenvalue weighted by molar-refractivity contribution is -0.155. The average molecular weight is 212 g/mol. The van der Waals surface area contributed by atoms with E-state index in [1.165, 1.54) is 0 Å². The molecule has 0 heterocycles. The van der Waals surface area contributed by atoms with Gasteiger partial charge in [0.05, 0.1) is 6.92 Å². The molecule has 0 N–H and O–H groups in total. The molecule has 0 unspecified atom stereocenters. The minimum Gasteiger partial charge on any atom is -0.462 e. The smallest absolute Gasteiger partial charge is 0.311 e. The second kappa shape index (κ2) is 5.73.